The summed E-state index contributed by atoms with van der Waals surface area (Å²) in [6.45, 7) is 4.78. The van der Waals surface area contributed by atoms with Crippen LogP contribution in [0.2, 0.25) is 0 Å². The van der Waals surface area contributed by atoms with E-state index in [1.807, 2.05) is 30.3 Å². The first-order chi connectivity index (χ1) is 16.3. The fraction of sp³-hybridized carbons (Fsp3) is 0.591. The number of ether oxygens (including phenoxy) is 1. The summed E-state index contributed by atoms with van der Waals surface area (Å²) < 4.78 is 28.6. The van der Waals surface area contributed by atoms with Crippen molar-refractivity contribution in [3.63, 3.8) is 0 Å². The van der Waals surface area contributed by atoms with E-state index < -0.39 is 25.8 Å². The topological polar surface area (TPSA) is 135 Å². The van der Waals surface area contributed by atoms with Crippen LogP contribution >= 0.6 is 7.60 Å². The highest BCUT2D eigenvalue weighted by Crippen LogP contribution is 2.48. The molecular weight excluding hydrogens is 465 g/mol. The molecule has 190 valence electrons. The number of nitrogens with zero attached hydrogens (tertiary/aromatic N) is 2. The van der Waals surface area contributed by atoms with Gasteiger partial charge in [0.15, 0.2) is 0 Å². The van der Waals surface area contributed by atoms with Gasteiger partial charge in [-0.05, 0) is 32.3 Å². The quantitative estimate of drug-likeness (QED) is 0.419. The molecule has 34 heavy (non-hydrogen) atoms. The minimum atomic E-state index is -3.29. The van der Waals surface area contributed by atoms with Gasteiger partial charge in [-0.25, -0.2) is 9.59 Å². The maximum atomic E-state index is 13.1. The van der Waals surface area contributed by atoms with Crippen molar-refractivity contribution in [1.82, 2.24) is 15.1 Å². The summed E-state index contributed by atoms with van der Waals surface area (Å²) in [4.78, 5) is 39.5. The number of hydrogen-bond donors (Lipinski definition) is 2. The minimum Gasteiger partial charge on any atom is -0.465 e. The highest BCUT2D eigenvalue weighted by atomic mass is 31.2. The highest BCUT2D eigenvalue weighted by Gasteiger charge is 2.31. The lowest BCUT2D eigenvalue weighted by atomic mass is 10.1. The Balaban J connectivity index is 2.00. The lowest BCUT2D eigenvalue weighted by molar-refractivity contribution is -0.135. The van der Waals surface area contributed by atoms with Crippen LogP contribution in [-0.2, 0) is 29.8 Å². The van der Waals surface area contributed by atoms with E-state index in [4.69, 9.17) is 18.9 Å². The van der Waals surface area contributed by atoms with Gasteiger partial charge in [-0.2, -0.15) is 0 Å². The number of hydrogen-bond acceptors (Lipinski definition) is 7. The van der Waals surface area contributed by atoms with Gasteiger partial charge in [-0.1, -0.05) is 30.3 Å². The third kappa shape index (κ3) is 8.96. The fourth-order valence-electron chi connectivity index (χ4n) is 3.55. The Morgan fingerprint density at radius 1 is 1.03 bits per heavy atom. The summed E-state index contributed by atoms with van der Waals surface area (Å²) in [5.41, 5.74) is 0.805. The van der Waals surface area contributed by atoms with E-state index in [1.54, 1.807) is 13.8 Å². The van der Waals surface area contributed by atoms with Gasteiger partial charge in [-0.15, -0.1) is 0 Å². The first-order valence-corrected chi connectivity index (χ1v) is 13.1. The summed E-state index contributed by atoms with van der Waals surface area (Å²) in [5.74, 6) is -0.343. The molecule has 1 aromatic carbocycles. The third-order valence-electron chi connectivity index (χ3n) is 5.24. The number of piperazine rings is 1. The van der Waals surface area contributed by atoms with Crippen molar-refractivity contribution >= 4 is 25.7 Å². The standard InChI is InChI=1S/C22H34N3O8P/c1-3-32-34(30,33-4-2)16-8-11-19(20(26)24-12-14-25(15-13-24)22(28)29)23-21(27)31-17-18-9-6-5-7-10-18/h5-7,9-10,19H,3-4,8,11-17H2,1-2H3,(H,23,27)(H,28,29)/t19-/m1/s1. The van der Waals surface area contributed by atoms with Crippen molar-refractivity contribution in [2.24, 2.45) is 0 Å². The number of amides is 3. The molecule has 1 fully saturated rings. The summed E-state index contributed by atoms with van der Waals surface area (Å²) in [5, 5.41) is 11.7. The molecule has 2 rings (SSSR count). The van der Waals surface area contributed by atoms with Crippen LogP contribution in [-0.4, -0.2) is 84.6 Å². The van der Waals surface area contributed by atoms with Crippen LogP contribution in [0.5, 0.6) is 0 Å². The molecule has 1 aromatic rings. The Labute approximate surface area is 199 Å². The van der Waals surface area contributed by atoms with Gasteiger partial charge in [0.1, 0.15) is 12.6 Å². The van der Waals surface area contributed by atoms with Crippen LogP contribution in [0.3, 0.4) is 0 Å². The number of rotatable bonds is 12. The number of nitrogens with one attached hydrogen (secondary N) is 1. The normalized spacial score (nSPS) is 15.0. The molecule has 12 heteroatoms. The zero-order valence-electron chi connectivity index (χ0n) is 19.7. The van der Waals surface area contributed by atoms with Crippen molar-refractivity contribution in [2.45, 2.75) is 39.3 Å². The number of carbonyl (C=O) groups is 3. The molecule has 0 radical (unpaired) electrons. The molecule has 1 aliphatic rings. The summed E-state index contributed by atoms with van der Waals surface area (Å²) in [6, 6.07) is 8.22. The van der Waals surface area contributed by atoms with E-state index in [0.29, 0.717) is 6.42 Å². The average Bonchev–Trinajstić information content (AvgIpc) is 2.82. The van der Waals surface area contributed by atoms with Gasteiger partial charge < -0.3 is 34.0 Å². The molecule has 0 aliphatic carbocycles. The Hall–Kier alpha value is -2.62. The molecular formula is C22H34N3O8P. The van der Waals surface area contributed by atoms with Gasteiger partial charge in [0.05, 0.1) is 19.4 Å². The Morgan fingerprint density at radius 2 is 1.62 bits per heavy atom. The third-order valence-corrected chi connectivity index (χ3v) is 7.41. The Morgan fingerprint density at radius 3 is 2.18 bits per heavy atom. The molecule has 0 saturated carbocycles. The van der Waals surface area contributed by atoms with E-state index in [2.05, 4.69) is 5.32 Å². The molecule has 1 heterocycles. The predicted molar refractivity (Wildman–Crippen MR) is 125 cm³/mol. The second-order valence-electron chi connectivity index (χ2n) is 7.67. The number of benzene rings is 1. The van der Waals surface area contributed by atoms with E-state index in [1.165, 1.54) is 9.80 Å². The second kappa shape index (κ2) is 13.9. The van der Waals surface area contributed by atoms with Crippen LogP contribution in [0.4, 0.5) is 9.59 Å². The van der Waals surface area contributed by atoms with Crippen molar-refractivity contribution < 1.29 is 37.8 Å². The van der Waals surface area contributed by atoms with Gasteiger partial charge in [0.2, 0.25) is 5.91 Å². The SMILES string of the molecule is CCOP(=O)(CCC[C@@H](NC(=O)OCc1ccccc1)C(=O)N1CCN(C(=O)O)CC1)OCC. The van der Waals surface area contributed by atoms with Gasteiger partial charge in [0, 0.05) is 26.2 Å². The van der Waals surface area contributed by atoms with Crippen LogP contribution < -0.4 is 5.32 Å². The van der Waals surface area contributed by atoms with Crippen LogP contribution in [0.25, 0.3) is 0 Å². The van der Waals surface area contributed by atoms with Crippen molar-refractivity contribution in [3.05, 3.63) is 35.9 Å². The van der Waals surface area contributed by atoms with Crippen LogP contribution in [0, 0.1) is 0 Å². The van der Waals surface area contributed by atoms with E-state index in [0.717, 1.165) is 5.56 Å². The molecule has 0 spiro atoms. The number of carboxylic acid groups (broad SMARTS) is 1. The van der Waals surface area contributed by atoms with Crippen molar-refractivity contribution in [3.8, 4) is 0 Å². The first kappa shape index (κ1) is 27.6. The fourth-order valence-corrected chi connectivity index (χ4v) is 5.24. The molecule has 1 atom stereocenters. The van der Waals surface area contributed by atoms with Gasteiger partial charge in [0.25, 0.3) is 0 Å². The van der Waals surface area contributed by atoms with Gasteiger partial charge >= 0.3 is 19.8 Å². The molecule has 0 aromatic heterocycles. The Bertz CT molecular complexity index is 836. The second-order valence-corrected chi connectivity index (χ2v) is 9.85. The lowest BCUT2D eigenvalue weighted by Gasteiger charge is -2.35. The first-order valence-electron chi connectivity index (χ1n) is 11.4. The largest absolute Gasteiger partial charge is 0.465 e. The maximum absolute atomic E-state index is 13.1. The van der Waals surface area contributed by atoms with Crippen LogP contribution in [0.15, 0.2) is 30.3 Å². The van der Waals surface area contributed by atoms with Gasteiger partial charge in [-0.3, -0.25) is 9.36 Å². The van der Waals surface area contributed by atoms with E-state index >= 15 is 0 Å². The predicted octanol–water partition coefficient (Wildman–Crippen LogP) is 3.15. The maximum Gasteiger partial charge on any atom is 0.408 e. The molecule has 3 amide bonds. The Kier molecular flexibility index (Phi) is 11.3. The minimum absolute atomic E-state index is 0.0503. The summed E-state index contributed by atoms with van der Waals surface area (Å²) in [6.07, 6.45) is -1.17. The van der Waals surface area contributed by atoms with E-state index in [9.17, 15) is 18.9 Å². The highest BCUT2D eigenvalue weighted by molar-refractivity contribution is 7.53. The molecule has 11 nitrogen and oxygen atoms in total. The number of alkyl carbamates (subject to hydrolysis) is 1. The summed E-state index contributed by atoms with van der Waals surface area (Å²) >= 11 is 0. The molecule has 0 unspecified atom stereocenters. The van der Waals surface area contributed by atoms with Crippen LogP contribution in [0.1, 0.15) is 32.3 Å². The zero-order chi connectivity index (χ0) is 25.0. The molecule has 1 aliphatic heterocycles. The average molecular weight is 500 g/mol. The zero-order valence-corrected chi connectivity index (χ0v) is 20.6. The molecule has 2 N–H and O–H groups in total. The number of carbonyl (C=O) groups excluding carboxylic acids is 2. The lowest BCUT2D eigenvalue weighted by Crippen LogP contribution is -2.55. The smallest absolute Gasteiger partial charge is 0.408 e. The molecule has 1 saturated heterocycles. The molecule has 0 bridgehead atoms. The monoisotopic (exact) mass is 499 g/mol. The summed E-state index contributed by atoms with van der Waals surface area (Å²) in [7, 11) is -3.29. The van der Waals surface area contributed by atoms with E-state index in [-0.39, 0.29) is 64.5 Å². The van der Waals surface area contributed by atoms with Crippen molar-refractivity contribution in [1.29, 1.82) is 0 Å². The van der Waals surface area contributed by atoms with Crippen molar-refractivity contribution in [2.75, 3.05) is 45.6 Å².